The number of hydrogen-bond acceptors (Lipinski definition) is 5. The summed E-state index contributed by atoms with van der Waals surface area (Å²) in [5.41, 5.74) is 1.48. The lowest BCUT2D eigenvalue weighted by Crippen LogP contribution is -2.40. The van der Waals surface area contributed by atoms with Crippen LogP contribution in [0.5, 0.6) is 5.75 Å². The van der Waals surface area contributed by atoms with Crippen LogP contribution in [0.4, 0.5) is 5.69 Å². The normalized spacial score (nSPS) is 16.2. The fraction of sp³-hybridized carbons (Fsp3) is 0.455. The summed E-state index contributed by atoms with van der Waals surface area (Å²) < 4.78 is 5.12. The second kappa shape index (κ2) is 10.9. The molecule has 0 aliphatic carbocycles. The summed E-state index contributed by atoms with van der Waals surface area (Å²) in [5, 5.41) is 3.33. The van der Waals surface area contributed by atoms with Crippen LogP contribution >= 0.6 is 11.6 Å². The van der Waals surface area contributed by atoms with Crippen LogP contribution in [0.1, 0.15) is 37.8 Å². The summed E-state index contributed by atoms with van der Waals surface area (Å²) in [6, 6.07) is 5.17. The van der Waals surface area contributed by atoms with Gasteiger partial charge in [0.1, 0.15) is 5.75 Å². The molecule has 2 amide bonds. The molecule has 3 rings (SSSR count). The van der Waals surface area contributed by atoms with Crippen LogP contribution in [0.15, 0.2) is 36.8 Å². The molecule has 0 spiro atoms. The van der Waals surface area contributed by atoms with Crippen molar-refractivity contribution in [2.75, 3.05) is 25.5 Å². The summed E-state index contributed by atoms with van der Waals surface area (Å²) >= 11 is 6.10. The molecule has 1 atom stereocenters. The van der Waals surface area contributed by atoms with E-state index in [1.165, 1.54) is 0 Å². The Kier molecular flexibility index (Phi) is 8.02. The number of piperidine rings is 1. The van der Waals surface area contributed by atoms with Crippen molar-refractivity contribution in [2.45, 2.75) is 38.5 Å². The van der Waals surface area contributed by atoms with Gasteiger partial charge in [-0.05, 0) is 49.8 Å². The number of rotatable bonds is 8. The van der Waals surface area contributed by atoms with E-state index in [0.717, 1.165) is 31.5 Å². The average molecular weight is 431 g/mol. The van der Waals surface area contributed by atoms with Gasteiger partial charge in [0, 0.05) is 50.2 Å². The van der Waals surface area contributed by atoms with Crippen molar-refractivity contribution in [3.05, 3.63) is 47.5 Å². The molecule has 160 valence electrons. The predicted octanol–water partition coefficient (Wildman–Crippen LogP) is 3.73. The number of halogens is 1. The molecule has 7 nitrogen and oxygen atoms in total. The van der Waals surface area contributed by atoms with E-state index in [1.54, 1.807) is 43.9 Å². The number of aryl methyl sites for hydroxylation is 1. The highest BCUT2D eigenvalue weighted by Crippen LogP contribution is 2.27. The van der Waals surface area contributed by atoms with Crippen LogP contribution in [0.3, 0.4) is 0 Å². The van der Waals surface area contributed by atoms with Gasteiger partial charge in [-0.2, -0.15) is 0 Å². The third-order valence-electron chi connectivity index (χ3n) is 5.30. The first-order valence-corrected chi connectivity index (χ1v) is 10.6. The number of nitrogens with one attached hydrogen (secondary N) is 1. The Morgan fingerprint density at radius 3 is 2.90 bits per heavy atom. The van der Waals surface area contributed by atoms with Crippen molar-refractivity contribution < 1.29 is 14.3 Å². The van der Waals surface area contributed by atoms with Gasteiger partial charge in [-0.1, -0.05) is 11.6 Å². The first-order chi connectivity index (χ1) is 14.5. The number of amides is 2. The highest BCUT2D eigenvalue weighted by molar-refractivity contribution is 6.32. The minimum absolute atomic E-state index is 0.0534. The molecule has 2 aromatic rings. The second-order valence-electron chi connectivity index (χ2n) is 7.48. The lowest BCUT2D eigenvalue weighted by Gasteiger charge is -2.33. The lowest BCUT2D eigenvalue weighted by atomic mass is 9.93. The maximum absolute atomic E-state index is 12.6. The summed E-state index contributed by atoms with van der Waals surface area (Å²) in [7, 11) is 1.55. The summed E-state index contributed by atoms with van der Waals surface area (Å²) in [6.07, 6.45) is 9.17. The highest BCUT2D eigenvalue weighted by atomic mass is 35.5. The zero-order chi connectivity index (χ0) is 21.3. The van der Waals surface area contributed by atoms with Gasteiger partial charge >= 0.3 is 0 Å². The summed E-state index contributed by atoms with van der Waals surface area (Å²) in [6.45, 7) is 1.49. The van der Waals surface area contributed by atoms with E-state index in [-0.39, 0.29) is 11.8 Å². The molecule has 1 aliphatic rings. The van der Waals surface area contributed by atoms with Gasteiger partial charge < -0.3 is 15.0 Å². The largest absolute Gasteiger partial charge is 0.495 e. The standard InChI is InChI=1S/C22H27ClN4O3/c1-30-20-7-5-17(13-19(20)23)26-21(28)8-4-16-3-2-12-27(15-16)22(29)9-6-18-14-24-10-11-25-18/h5,7,10-11,13-14,16H,2-4,6,8-9,12,15H2,1H3,(H,26,28)/t16-/m1/s1. The predicted molar refractivity (Wildman–Crippen MR) is 116 cm³/mol. The SMILES string of the molecule is COc1ccc(NC(=O)CC[C@H]2CCCN(C(=O)CCc3cnccn3)C2)cc1Cl. The highest BCUT2D eigenvalue weighted by Gasteiger charge is 2.24. The topological polar surface area (TPSA) is 84.4 Å². The Labute approximate surface area is 181 Å². The molecule has 1 aromatic carbocycles. The average Bonchev–Trinajstić information content (AvgIpc) is 2.77. The van der Waals surface area contributed by atoms with Gasteiger partial charge in [-0.15, -0.1) is 0 Å². The van der Waals surface area contributed by atoms with Crippen LogP contribution in [0.2, 0.25) is 5.02 Å². The van der Waals surface area contributed by atoms with Crippen LogP contribution < -0.4 is 10.1 Å². The number of benzene rings is 1. The first kappa shape index (κ1) is 22.0. The Bertz CT molecular complexity index is 863. The number of aromatic nitrogens is 2. The molecule has 0 saturated carbocycles. The third-order valence-corrected chi connectivity index (χ3v) is 5.59. The van der Waals surface area contributed by atoms with Gasteiger partial charge in [0.05, 0.1) is 17.8 Å². The van der Waals surface area contributed by atoms with Crippen molar-refractivity contribution in [1.29, 1.82) is 0 Å². The molecule has 1 saturated heterocycles. The van der Waals surface area contributed by atoms with Crippen molar-refractivity contribution in [3.8, 4) is 5.75 Å². The fourth-order valence-corrected chi connectivity index (χ4v) is 3.94. The molecule has 30 heavy (non-hydrogen) atoms. The number of nitrogens with zero attached hydrogens (tertiary/aromatic N) is 3. The Hall–Kier alpha value is -2.67. The molecule has 0 unspecified atom stereocenters. The molecule has 0 bridgehead atoms. The van der Waals surface area contributed by atoms with Crippen LogP contribution in [0, 0.1) is 5.92 Å². The van der Waals surface area contributed by atoms with Crippen molar-refractivity contribution >= 4 is 29.1 Å². The molecule has 2 heterocycles. The number of carbonyl (C=O) groups is 2. The molecule has 1 aromatic heterocycles. The summed E-state index contributed by atoms with van der Waals surface area (Å²) in [5.74, 6) is 0.996. The van der Waals surface area contributed by atoms with E-state index in [0.29, 0.717) is 48.2 Å². The Morgan fingerprint density at radius 1 is 1.30 bits per heavy atom. The number of anilines is 1. The van der Waals surface area contributed by atoms with Gasteiger partial charge in [0.15, 0.2) is 0 Å². The van der Waals surface area contributed by atoms with Gasteiger partial charge in [-0.3, -0.25) is 19.6 Å². The van der Waals surface area contributed by atoms with Crippen LogP contribution in [-0.2, 0) is 16.0 Å². The number of carbonyl (C=O) groups excluding carboxylic acids is 2. The van der Waals surface area contributed by atoms with Crippen LogP contribution in [0.25, 0.3) is 0 Å². The number of methoxy groups -OCH3 is 1. The molecule has 1 aliphatic heterocycles. The van der Waals surface area contributed by atoms with Gasteiger partial charge in [0.2, 0.25) is 11.8 Å². The van der Waals surface area contributed by atoms with Gasteiger partial charge in [-0.25, -0.2) is 0 Å². The Balaban J connectivity index is 1.42. The summed E-state index contributed by atoms with van der Waals surface area (Å²) in [4.78, 5) is 35.0. The Morgan fingerprint density at radius 2 is 2.17 bits per heavy atom. The monoisotopic (exact) mass is 430 g/mol. The molecule has 8 heteroatoms. The smallest absolute Gasteiger partial charge is 0.224 e. The van der Waals surface area contributed by atoms with E-state index in [1.807, 2.05) is 4.90 Å². The van der Waals surface area contributed by atoms with Crippen molar-refractivity contribution in [3.63, 3.8) is 0 Å². The van der Waals surface area contributed by atoms with Crippen molar-refractivity contribution in [2.24, 2.45) is 5.92 Å². The van der Waals surface area contributed by atoms with E-state index < -0.39 is 0 Å². The quantitative estimate of drug-likeness (QED) is 0.689. The number of likely N-dealkylation sites (tertiary alicyclic amines) is 1. The third kappa shape index (κ3) is 6.42. The molecular weight excluding hydrogens is 404 g/mol. The van der Waals surface area contributed by atoms with Crippen LogP contribution in [-0.4, -0.2) is 46.9 Å². The second-order valence-corrected chi connectivity index (χ2v) is 7.89. The molecule has 1 N–H and O–H groups in total. The zero-order valence-corrected chi connectivity index (χ0v) is 17.9. The molecular formula is C22H27ClN4O3. The van der Waals surface area contributed by atoms with Gasteiger partial charge in [0.25, 0.3) is 0 Å². The van der Waals surface area contributed by atoms with E-state index in [9.17, 15) is 9.59 Å². The van der Waals surface area contributed by atoms with Crippen molar-refractivity contribution in [1.82, 2.24) is 14.9 Å². The minimum Gasteiger partial charge on any atom is -0.495 e. The number of ether oxygens (including phenoxy) is 1. The maximum atomic E-state index is 12.6. The number of hydrogen-bond donors (Lipinski definition) is 1. The van der Waals surface area contributed by atoms with E-state index >= 15 is 0 Å². The molecule has 1 fully saturated rings. The lowest BCUT2D eigenvalue weighted by molar-refractivity contribution is -0.133. The minimum atomic E-state index is -0.0534. The first-order valence-electron chi connectivity index (χ1n) is 10.2. The maximum Gasteiger partial charge on any atom is 0.224 e. The fourth-order valence-electron chi connectivity index (χ4n) is 3.68. The van der Waals surface area contributed by atoms with E-state index in [4.69, 9.17) is 16.3 Å². The zero-order valence-electron chi connectivity index (χ0n) is 17.1. The molecule has 0 radical (unpaired) electrons. The van der Waals surface area contributed by atoms with E-state index in [2.05, 4.69) is 15.3 Å².